The number of allylic oxidation sites excluding steroid dienone is 1. The van der Waals surface area contributed by atoms with Crippen molar-refractivity contribution in [3.63, 3.8) is 0 Å². The van der Waals surface area contributed by atoms with Crippen LogP contribution >= 0.6 is 22.9 Å². The lowest BCUT2D eigenvalue weighted by atomic mass is 9.96. The molecule has 1 aromatic heterocycles. The number of esters is 1. The first-order valence-electron chi connectivity index (χ1n) is 12.4. The Morgan fingerprint density at radius 1 is 1.13 bits per heavy atom. The highest BCUT2D eigenvalue weighted by Gasteiger charge is 2.34. The number of carbonyl (C=O) groups is 1. The Balaban J connectivity index is 1.79. The zero-order valence-corrected chi connectivity index (χ0v) is 23.1. The van der Waals surface area contributed by atoms with E-state index >= 15 is 0 Å². The van der Waals surface area contributed by atoms with Crippen molar-refractivity contribution in [2.45, 2.75) is 39.8 Å². The molecule has 6 nitrogen and oxygen atoms in total. The third-order valence-electron chi connectivity index (χ3n) is 6.29. The van der Waals surface area contributed by atoms with Crippen LogP contribution in [-0.2, 0) is 9.53 Å². The third-order valence-corrected chi connectivity index (χ3v) is 7.61. The van der Waals surface area contributed by atoms with Crippen molar-refractivity contribution in [1.29, 1.82) is 0 Å². The maximum Gasteiger partial charge on any atom is 0.338 e. The fourth-order valence-corrected chi connectivity index (χ4v) is 5.96. The summed E-state index contributed by atoms with van der Waals surface area (Å²) in [5, 5.41) is 2.46. The van der Waals surface area contributed by atoms with Crippen LogP contribution in [-0.4, -0.2) is 23.2 Å². The predicted octanol–water partition coefficient (Wildman–Crippen LogP) is 5.39. The van der Waals surface area contributed by atoms with Crippen molar-refractivity contribution < 1.29 is 14.3 Å². The first-order valence-corrected chi connectivity index (χ1v) is 13.6. The van der Waals surface area contributed by atoms with E-state index in [0.29, 0.717) is 36.9 Å². The maximum absolute atomic E-state index is 14.0. The fraction of sp³-hybridized carbons (Fsp3) is 0.233. The Bertz CT molecular complexity index is 1770. The molecule has 0 unspecified atom stereocenters. The van der Waals surface area contributed by atoms with Gasteiger partial charge in [-0.15, -0.1) is 0 Å². The van der Waals surface area contributed by atoms with Gasteiger partial charge in [0.05, 0.1) is 28.5 Å². The molecule has 0 N–H and O–H groups in total. The lowest BCUT2D eigenvalue weighted by Gasteiger charge is -2.25. The van der Waals surface area contributed by atoms with Crippen LogP contribution in [0.4, 0.5) is 0 Å². The summed E-state index contributed by atoms with van der Waals surface area (Å²) in [7, 11) is 0. The molecule has 0 saturated heterocycles. The number of benzene rings is 3. The highest BCUT2D eigenvalue weighted by molar-refractivity contribution is 7.07. The van der Waals surface area contributed by atoms with Crippen molar-refractivity contribution in [3.05, 3.63) is 108 Å². The summed E-state index contributed by atoms with van der Waals surface area (Å²) in [5.74, 6) is 0.171. The van der Waals surface area contributed by atoms with E-state index in [1.165, 1.54) is 11.3 Å². The molecule has 1 aliphatic heterocycles. The van der Waals surface area contributed by atoms with Gasteiger partial charge in [-0.3, -0.25) is 9.36 Å². The number of hydrogen-bond acceptors (Lipinski definition) is 6. The van der Waals surface area contributed by atoms with E-state index < -0.39 is 12.0 Å². The number of fused-ring (bicyclic) bond motifs is 2. The molecule has 4 aromatic rings. The van der Waals surface area contributed by atoms with Crippen LogP contribution in [0.15, 0.2) is 81.7 Å². The smallest absolute Gasteiger partial charge is 0.338 e. The average Bonchev–Trinajstić information content (AvgIpc) is 3.19. The third kappa shape index (κ3) is 4.68. The van der Waals surface area contributed by atoms with Gasteiger partial charge in [-0.25, -0.2) is 9.79 Å². The van der Waals surface area contributed by atoms with Crippen LogP contribution < -0.4 is 19.6 Å². The normalized spacial score (nSPS) is 15.5. The van der Waals surface area contributed by atoms with Gasteiger partial charge < -0.3 is 9.47 Å². The average molecular weight is 547 g/mol. The minimum absolute atomic E-state index is 0.0421. The molecule has 194 valence electrons. The van der Waals surface area contributed by atoms with Gasteiger partial charge in [0, 0.05) is 10.6 Å². The van der Waals surface area contributed by atoms with Crippen LogP contribution in [0.2, 0.25) is 5.02 Å². The summed E-state index contributed by atoms with van der Waals surface area (Å²) in [4.78, 5) is 32.3. The molecule has 0 saturated carbocycles. The topological polar surface area (TPSA) is 69.9 Å². The number of hydrogen-bond donors (Lipinski definition) is 0. The van der Waals surface area contributed by atoms with Crippen molar-refractivity contribution in [3.8, 4) is 5.75 Å². The largest absolute Gasteiger partial charge is 0.490 e. The number of halogens is 1. The predicted molar refractivity (Wildman–Crippen MR) is 152 cm³/mol. The summed E-state index contributed by atoms with van der Waals surface area (Å²) in [6, 6.07) is 18.4. The molecule has 0 bridgehead atoms. The van der Waals surface area contributed by atoms with Crippen molar-refractivity contribution >= 4 is 45.8 Å². The van der Waals surface area contributed by atoms with Gasteiger partial charge in [-0.2, -0.15) is 0 Å². The van der Waals surface area contributed by atoms with E-state index in [0.717, 1.165) is 16.3 Å². The molecule has 3 aromatic carbocycles. The standard InChI is InChI=1S/C30H27ClN2O4S/c1-5-36-29(35)26-18(4)32-30-33(27(26)21-12-8-9-13-23(21)31)28(34)25(38-30)16-22-20-11-7-6-10-19(20)14-15-24(22)37-17(2)3/h6-17,27H,5H2,1-4H3/t27-/m1/s1. The van der Waals surface area contributed by atoms with Crippen molar-refractivity contribution in [1.82, 2.24) is 4.57 Å². The summed E-state index contributed by atoms with van der Waals surface area (Å²) in [5.41, 5.74) is 1.98. The fourth-order valence-electron chi connectivity index (χ4n) is 4.69. The second kappa shape index (κ2) is 10.6. The number of aromatic nitrogens is 1. The number of carbonyl (C=O) groups excluding carboxylic acids is 1. The van der Waals surface area contributed by atoms with Gasteiger partial charge in [-0.05, 0) is 62.2 Å². The van der Waals surface area contributed by atoms with E-state index in [4.69, 9.17) is 21.1 Å². The number of thiazole rings is 1. The summed E-state index contributed by atoms with van der Waals surface area (Å²) < 4.78 is 13.5. The highest BCUT2D eigenvalue weighted by atomic mass is 35.5. The van der Waals surface area contributed by atoms with Gasteiger partial charge in [0.25, 0.3) is 5.56 Å². The van der Waals surface area contributed by atoms with Gasteiger partial charge in [0.15, 0.2) is 4.80 Å². The van der Waals surface area contributed by atoms with Crippen LogP contribution in [0.1, 0.15) is 44.9 Å². The number of ether oxygens (including phenoxy) is 2. The first kappa shape index (κ1) is 25.9. The Morgan fingerprint density at radius 2 is 1.87 bits per heavy atom. The monoisotopic (exact) mass is 546 g/mol. The molecule has 0 amide bonds. The Labute approximate surface area is 229 Å². The van der Waals surface area contributed by atoms with Crippen molar-refractivity contribution in [2.24, 2.45) is 4.99 Å². The Morgan fingerprint density at radius 3 is 2.61 bits per heavy atom. The first-order chi connectivity index (χ1) is 18.3. The summed E-state index contributed by atoms with van der Waals surface area (Å²) in [6.07, 6.45) is 1.82. The zero-order chi connectivity index (χ0) is 27.0. The minimum atomic E-state index is -0.764. The molecule has 0 spiro atoms. The van der Waals surface area contributed by atoms with Crippen LogP contribution in [0.25, 0.3) is 16.8 Å². The Hall–Kier alpha value is -3.68. The number of rotatable bonds is 6. The maximum atomic E-state index is 14.0. The van der Waals surface area contributed by atoms with Crippen LogP contribution in [0, 0.1) is 0 Å². The summed E-state index contributed by atoms with van der Waals surface area (Å²) >= 11 is 7.87. The summed E-state index contributed by atoms with van der Waals surface area (Å²) in [6.45, 7) is 7.64. The molecule has 0 radical (unpaired) electrons. The Kier molecular flexibility index (Phi) is 7.23. The molecular formula is C30H27ClN2O4S. The molecule has 38 heavy (non-hydrogen) atoms. The molecular weight excluding hydrogens is 520 g/mol. The van der Waals surface area contributed by atoms with Crippen LogP contribution in [0.5, 0.6) is 5.75 Å². The van der Waals surface area contributed by atoms with Gasteiger partial charge in [0.1, 0.15) is 11.8 Å². The van der Waals surface area contributed by atoms with E-state index in [1.54, 1.807) is 24.5 Å². The second-order valence-electron chi connectivity index (χ2n) is 9.19. The van der Waals surface area contributed by atoms with Crippen molar-refractivity contribution in [2.75, 3.05) is 6.61 Å². The lowest BCUT2D eigenvalue weighted by Crippen LogP contribution is -2.40. The van der Waals surface area contributed by atoms with Gasteiger partial charge in [0.2, 0.25) is 0 Å². The van der Waals surface area contributed by atoms with Crippen LogP contribution in [0.3, 0.4) is 0 Å². The van der Waals surface area contributed by atoms with Gasteiger partial charge >= 0.3 is 5.97 Å². The van der Waals surface area contributed by atoms with E-state index in [9.17, 15) is 9.59 Å². The molecule has 1 aliphatic rings. The molecule has 8 heteroatoms. The molecule has 0 aliphatic carbocycles. The quantitative estimate of drug-likeness (QED) is 0.304. The molecule has 2 heterocycles. The van der Waals surface area contributed by atoms with E-state index in [1.807, 2.05) is 74.5 Å². The number of nitrogens with zero attached hydrogens (tertiary/aromatic N) is 2. The molecule has 1 atom stereocenters. The highest BCUT2D eigenvalue weighted by Crippen LogP contribution is 2.35. The second-order valence-corrected chi connectivity index (χ2v) is 10.6. The van der Waals surface area contributed by atoms with E-state index in [-0.39, 0.29) is 18.3 Å². The molecule has 0 fully saturated rings. The zero-order valence-electron chi connectivity index (χ0n) is 21.5. The minimum Gasteiger partial charge on any atom is -0.490 e. The van der Waals surface area contributed by atoms with Gasteiger partial charge in [-0.1, -0.05) is 71.5 Å². The lowest BCUT2D eigenvalue weighted by molar-refractivity contribution is -0.139. The molecule has 5 rings (SSSR count). The van der Waals surface area contributed by atoms with E-state index in [2.05, 4.69) is 4.99 Å². The SMILES string of the molecule is CCOC(=O)C1=C(C)N=c2sc(=Cc3c(OC(C)C)ccc4ccccc34)c(=O)n2[C@@H]1c1ccccc1Cl.